The Morgan fingerprint density at radius 2 is 1.82 bits per heavy atom. The van der Waals surface area contributed by atoms with Crippen molar-refractivity contribution in [2.75, 3.05) is 46.8 Å². The van der Waals surface area contributed by atoms with Gasteiger partial charge in [0, 0.05) is 24.7 Å². The highest BCUT2D eigenvalue weighted by molar-refractivity contribution is 5.90. The highest BCUT2D eigenvalue weighted by Gasteiger charge is 2.21. The van der Waals surface area contributed by atoms with Gasteiger partial charge in [-0.3, -0.25) is 0 Å². The van der Waals surface area contributed by atoms with Crippen molar-refractivity contribution in [1.82, 2.24) is 10.2 Å². The first-order valence-corrected chi connectivity index (χ1v) is 7.13. The van der Waals surface area contributed by atoms with E-state index in [0.717, 1.165) is 19.5 Å². The van der Waals surface area contributed by atoms with Crippen LogP contribution in [-0.2, 0) is 0 Å². The van der Waals surface area contributed by atoms with Crippen molar-refractivity contribution in [1.29, 1.82) is 0 Å². The number of hydrogen-bond donors (Lipinski definition) is 2. The van der Waals surface area contributed by atoms with Gasteiger partial charge in [0.05, 0.1) is 27.0 Å². The molecule has 1 heterocycles. The van der Waals surface area contributed by atoms with Gasteiger partial charge in [0.25, 0.3) is 0 Å². The van der Waals surface area contributed by atoms with Gasteiger partial charge in [-0.05, 0) is 20.0 Å². The maximum atomic E-state index is 12.1. The molecular formula is C15H23N3O4. The number of likely N-dealkylation sites (N-methyl/N-ethyl adjacent to an activating group) is 1. The first kappa shape index (κ1) is 16.2. The van der Waals surface area contributed by atoms with Crippen LogP contribution in [0.2, 0.25) is 0 Å². The number of carbonyl (C=O) groups excluding carboxylic acids is 1. The number of methoxy groups -OCH3 is 3. The van der Waals surface area contributed by atoms with Crippen molar-refractivity contribution >= 4 is 11.7 Å². The maximum absolute atomic E-state index is 12.1. The zero-order valence-electron chi connectivity index (χ0n) is 13.4. The van der Waals surface area contributed by atoms with Crippen molar-refractivity contribution in [3.05, 3.63) is 12.1 Å². The lowest BCUT2D eigenvalue weighted by Gasteiger charge is -2.16. The van der Waals surface area contributed by atoms with Crippen LogP contribution in [0.15, 0.2) is 12.1 Å². The van der Waals surface area contributed by atoms with Gasteiger partial charge in [0.1, 0.15) is 0 Å². The predicted octanol–water partition coefficient (Wildman–Crippen LogP) is 1.54. The Morgan fingerprint density at radius 1 is 1.18 bits per heavy atom. The summed E-state index contributed by atoms with van der Waals surface area (Å²) in [6.45, 7) is 1.86. The maximum Gasteiger partial charge on any atom is 0.319 e. The van der Waals surface area contributed by atoms with Crippen molar-refractivity contribution in [3.63, 3.8) is 0 Å². The third-order valence-electron chi connectivity index (χ3n) is 3.65. The number of ether oxygens (including phenoxy) is 3. The van der Waals surface area contributed by atoms with Gasteiger partial charge < -0.3 is 29.7 Å². The number of amides is 2. The highest BCUT2D eigenvalue weighted by atomic mass is 16.5. The Morgan fingerprint density at radius 3 is 2.27 bits per heavy atom. The molecule has 0 unspecified atom stereocenters. The molecule has 7 heteroatoms. The summed E-state index contributed by atoms with van der Waals surface area (Å²) >= 11 is 0. The monoisotopic (exact) mass is 309 g/mol. The molecule has 1 atom stereocenters. The molecule has 0 saturated carbocycles. The van der Waals surface area contributed by atoms with Crippen molar-refractivity contribution in [2.45, 2.75) is 12.5 Å². The zero-order valence-corrected chi connectivity index (χ0v) is 13.4. The molecule has 1 fully saturated rings. The molecular weight excluding hydrogens is 286 g/mol. The average Bonchev–Trinajstić information content (AvgIpc) is 2.90. The molecule has 0 aliphatic carbocycles. The Hall–Kier alpha value is -2.15. The van der Waals surface area contributed by atoms with E-state index in [1.807, 2.05) is 7.05 Å². The van der Waals surface area contributed by atoms with Crippen molar-refractivity contribution in [2.24, 2.45) is 0 Å². The van der Waals surface area contributed by atoms with Crippen LogP contribution in [0.3, 0.4) is 0 Å². The second kappa shape index (κ2) is 7.22. The largest absolute Gasteiger partial charge is 0.493 e. The Kier molecular flexibility index (Phi) is 5.32. The molecule has 0 aromatic heterocycles. The molecule has 22 heavy (non-hydrogen) atoms. The summed E-state index contributed by atoms with van der Waals surface area (Å²) in [6, 6.07) is 3.32. The van der Waals surface area contributed by atoms with E-state index < -0.39 is 0 Å². The van der Waals surface area contributed by atoms with Crippen LogP contribution in [0.4, 0.5) is 10.5 Å². The number of urea groups is 1. The molecule has 0 bridgehead atoms. The van der Waals surface area contributed by atoms with Gasteiger partial charge in [-0.2, -0.15) is 0 Å². The van der Waals surface area contributed by atoms with Crippen LogP contribution in [0.5, 0.6) is 17.2 Å². The van der Waals surface area contributed by atoms with E-state index in [-0.39, 0.29) is 12.1 Å². The smallest absolute Gasteiger partial charge is 0.319 e. The van der Waals surface area contributed by atoms with E-state index >= 15 is 0 Å². The van der Waals surface area contributed by atoms with Crippen LogP contribution in [0, 0.1) is 0 Å². The van der Waals surface area contributed by atoms with E-state index in [1.165, 1.54) is 21.3 Å². The van der Waals surface area contributed by atoms with Crippen LogP contribution < -0.4 is 24.8 Å². The fourth-order valence-corrected chi connectivity index (χ4v) is 2.56. The minimum absolute atomic E-state index is 0.173. The third kappa shape index (κ3) is 3.73. The lowest BCUT2D eigenvalue weighted by Crippen LogP contribution is -2.39. The number of likely N-dealkylation sites (tertiary alicyclic amines) is 1. The van der Waals surface area contributed by atoms with Gasteiger partial charge in [0.2, 0.25) is 5.75 Å². The van der Waals surface area contributed by atoms with Crippen molar-refractivity contribution in [3.8, 4) is 17.2 Å². The predicted molar refractivity (Wildman–Crippen MR) is 84.2 cm³/mol. The standard InChI is InChI=1S/C15H23N3O4/c1-18-6-5-10(9-18)16-15(19)17-11-7-12(20-2)14(22-4)13(8-11)21-3/h7-8,10H,5-6,9H2,1-4H3,(H2,16,17,19)/t10-/m1/s1. The molecule has 1 aliphatic rings. The van der Waals surface area contributed by atoms with Gasteiger partial charge in [-0.15, -0.1) is 0 Å². The molecule has 1 aromatic carbocycles. The quantitative estimate of drug-likeness (QED) is 0.863. The first-order valence-electron chi connectivity index (χ1n) is 7.13. The number of hydrogen-bond acceptors (Lipinski definition) is 5. The summed E-state index contributed by atoms with van der Waals surface area (Å²) < 4.78 is 15.8. The molecule has 1 aromatic rings. The molecule has 0 spiro atoms. The summed E-state index contributed by atoms with van der Waals surface area (Å²) in [5, 5.41) is 5.76. The number of carbonyl (C=O) groups is 1. The summed E-state index contributed by atoms with van der Waals surface area (Å²) in [5.41, 5.74) is 0.582. The minimum Gasteiger partial charge on any atom is -0.493 e. The van der Waals surface area contributed by atoms with E-state index in [1.54, 1.807) is 12.1 Å². The fraction of sp³-hybridized carbons (Fsp3) is 0.533. The fourth-order valence-electron chi connectivity index (χ4n) is 2.56. The van der Waals surface area contributed by atoms with Crippen LogP contribution in [-0.4, -0.2) is 58.4 Å². The lowest BCUT2D eigenvalue weighted by molar-refractivity contribution is 0.248. The van der Waals surface area contributed by atoms with Crippen LogP contribution in [0.1, 0.15) is 6.42 Å². The number of benzene rings is 1. The van der Waals surface area contributed by atoms with E-state index in [2.05, 4.69) is 15.5 Å². The van der Waals surface area contributed by atoms with Crippen LogP contribution >= 0.6 is 0 Å². The molecule has 1 aliphatic heterocycles. The number of rotatable bonds is 5. The molecule has 2 amide bonds. The molecule has 7 nitrogen and oxygen atoms in total. The summed E-state index contributed by atoms with van der Waals surface area (Å²) in [5.74, 6) is 1.49. The molecule has 2 rings (SSSR count). The summed E-state index contributed by atoms with van der Waals surface area (Å²) in [4.78, 5) is 14.3. The zero-order chi connectivity index (χ0) is 16.1. The van der Waals surface area contributed by atoms with E-state index in [9.17, 15) is 4.79 Å². The molecule has 1 saturated heterocycles. The van der Waals surface area contributed by atoms with Crippen LogP contribution in [0.25, 0.3) is 0 Å². The Labute approximate surface area is 130 Å². The molecule has 2 N–H and O–H groups in total. The molecule has 0 radical (unpaired) electrons. The minimum atomic E-state index is -0.241. The summed E-state index contributed by atoms with van der Waals surface area (Å²) in [7, 11) is 6.65. The van der Waals surface area contributed by atoms with Crippen molar-refractivity contribution < 1.29 is 19.0 Å². The first-order chi connectivity index (χ1) is 10.6. The Balaban J connectivity index is 2.07. The van der Waals surface area contributed by atoms with Gasteiger partial charge in [-0.1, -0.05) is 0 Å². The van der Waals surface area contributed by atoms with Gasteiger partial charge >= 0.3 is 6.03 Å². The molecule has 122 valence electrons. The number of anilines is 1. The van der Waals surface area contributed by atoms with E-state index in [0.29, 0.717) is 22.9 Å². The average molecular weight is 309 g/mol. The van der Waals surface area contributed by atoms with Gasteiger partial charge in [0.15, 0.2) is 11.5 Å². The number of nitrogens with one attached hydrogen (secondary N) is 2. The number of nitrogens with zero attached hydrogens (tertiary/aromatic N) is 1. The SMILES string of the molecule is COc1cc(NC(=O)N[C@@H]2CCN(C)C2)cc(OC)c1OC. The highest BCUT2D eigenvalue weighted by Crippen LogP contribution is 2.39. The third-order valence-corrected chi connectivity index (χ3v) is 3.65. The second-order valence-electron chi connectivity index (χ2n) is 5.26. The normalized spacial score (nSPS) is 17.9. The summed E-state index contributed by atoms with van der Waals surface area (Å²) in [6.07, 6.45) is 0.958. The van der Waals surface area contributed by atoms with E-state index in [4.69, 9.17) is 14.2 Å². The van der Waals surface area contributed by atoms with Gasteiger partial charge in [-0.25, -0.2) is 4.79 Å². The second-order valence-corrected chi connectivity index (χ2v) is 5.26. The lowest BCUT2D eigenvalue weighted by atomic mass is 10.2. The Bertz CT molecular complexity index is 511. The topological polar surface area (TPSA) is 72.1 Å².